The molecule has 0 saturated heterocycles. The Hall–Kier alpha value is -2.67. The van der Waals surface area contributed by atoms with E-state index in [4.69, 9.17) is 14.2 Å². The van der Waals surface area contributed by atoms with Crippen molar-refractivity contribution in [3.05, 3.63) is 63.5 Å². The second kappa shape index (κ2) is 8.56. The van der Waals surface area contributed by atoms with Crippen LogP contribution in [0.15, 0.2) is 51.6 Å². The van der Waals surface area contributed by atoms with E-state index in [0.29, 0.717) is 33.7 Å². The molecule has 5 nitrogen and oxygen atoms in total. The third-order valence-corrected chi connectivity index (χ3v) is 4.29. The van der Waals surface area contributed by atoms with E-state index in [9.17, 15) is 9.18 Å². The molecule has 0 unspecified atom stereocenters. The first-order valence-corrected chi connectivity index (χ1v) is 9.58. The molecule has 0 radical (unpaired) electrons. The number of halogens is 2. The highest BCUT2D eigenvalue weighted by Gasteiger charge is 2.24. The zero-order valence-electron chi connectivity index (χ0n) is 15.7. The zero-order valence-corrected chi connectivity index (χ0v) is 17.2. The van der Waals surface area contributed by atoms with Crippen LogP contribution in [0.2, 0.25) is 0 Å². The monoisotopic (exact) mass is 447 g/mol. The summed E-state index contributed by atoms with van der Waals surface area (Å²) in [5, 5.41) is 0. The summed E-state index contributed by atoms with van der Waals surface area (Å²) in [6, 6.07) is 9.17. The van der Waals surface area contributed by atoms with Crippen LogP contribution in [0.25, 0.3) is 6.08 Å². The standard InChI is InChI=1S/C21H19BrFNO4/c1-4-26-18-11-13(9-16(22)19(18)27-12(2)3)10-17-21(25)28-20(24-17)14-5-7-15(23)8-6-14/h5-12H,4H2,1-3H3/b17-10-. The molecule has 28 heavy (non-hydrogen) atoms. The number of rotatable bonds is 6. The highest BCUT2D eigenvalue weighted by molar-refractivity contribution is 9.10. The fourth-order valence-electron chi connectivity index (χ4n) is 2.57. The lowest BCUT2D eigenvalue weighted by atomic mass is 10.1. The minimum Gasteiger partial charge on any atom is -0.490 e. The molecule has 0 N–H and O–H groups in total. The number of hydrogen-bond acceptors (Lipinski definition) is 5. The Morgan fingerprint density at radius 2 is 1.96 bits per heavy atom. The van der Waals surface area contributed by atoms with Crippen LogP contribution in [0, 0.1) is 5.82 Å². The van der Waals surface area contributed by atoms with Crippen LogP contribution >= 0.6 is 15.9 Å². The van der Waals surface area contributed by atoms with Gasteiger partial charge in [-0.15, -0.1) is 0 Å². The van der Waals surface area contributed by atoms with E-state index in [2.05, 4.69) is 20.9 Å². The third-order valence-electron chi connectivity index (χ3n) is 3.70. The SMILES string of the molecule is CCOc1cc(/C=C2\N=C(c3ccc(F)cc3)OC2=O)cc(Br)c1OC(C)C. The second-order valence-corrected chi connectivity index (χ2v) is 7.13. The number of hydrogen-bond donors (Lipinski definition) is 0. The van der Waals surface area contributed by atoms with Crippen LogP contribution in [0.1, 0.15) is 31.9 Å². The van der Waals surface area contributed by atoms with Gasteiger partial charge in [0.25, 0.3) is 0 Å². The molecule has 0 spiro atoms. The lowest BCUT2D eigenvalue weighted by Crippen LogP contribution is -2.08. The summed E-state index contributed by atoms with van der Waals surface area (Å²) in [5.41, 5.74) is 1.36. The Balaban J connectivity index is 1.95. The predicted octanol–water partition coefficient (Wildman–Crippen LogP) is 5.12. The lowest BCUT2D eigenvalue weighted by molar-refractivity contribution is -0.129. The van der Waals surface area contributed by atoms with Gasteiger partial charge in [0, 0.05) is 5.56 Å². The van der Waals surface area contributed by atoms with E-state index in [0.717, 1.165) is 0 Å². The molecule has 7 heteroatoms. The molecule has 0 aliphatic carbocycles. The maximum Gasteiger partial charge on any atom is 0.363 e. The number of cyclic esters (lactones) is 1. The molecule has 0 bridgehead atoms. The van der Waals surface area contributed by atoms with E-state index in [1.54, 1.807) is 12.1 Å². The van der Waals surface area contributed by atoms with Crippen LogP contribution in [0.5, 0.6) is 11.5 Å². The smallest absolute Gasteiger partial charge is 0.363 e. The molecule has 146 valence electrons. The van der Waals surface area contributed by atoms with E-state index in [1.165, 1.54) is 24.3 Å². The first kappa shape index (κ1) is 20.1. The Morgan fingerprint density at radius 3 is 2.61 bits per heavy atom. The second-order valence-electron chi connectivity index (χ2n) is 6.27. The maximum absolute atomic E-state index is 13.1. The van der Waals surface area contributed by atoms with Crippen LogP contribution in [-0.4, -0.2) is 24.6 Å². The average molecular weight is 448 g/mol. The van der Waals surface area contributed by atoms with Gasteiger partial charge in [-0.1, -0.05) is 0 Å². The molecule has 0 fully saturated rings. The summed E-state index contributed by atoms with van der Waals surface area (Å²) >= 11 is 3.49. The van der Waals surface area contributed by atoms with E-state index in [-0.39, 0.29) is 23.5 Å². The van der Waals surface area contributed by atoms with Gasteiger partial charge >= 0.3 is 5.97 Å². The minimum atomic E-state index is -0.573. The van der Waals surface area contributed by atoms with Crippen molar-refractivity contribution in [2.75, 3.05) is 6.61 Å². The Labute approximate surface area is 171 Å². The Bertz CT molecular complexity index is 952. The quantitative estimate of drug-likeness (QED) is 0.455. The molecule has 1 aliphatic rings. The van der Waals surface area contributed by atoms with Crippen molar-refractivity contribution in [2.45, 2.75) is 26.9 Å². The van der Waals surface area contributed by atoms with Crippen molar-refractivity contribution < 1.29 is 23.4 Å². The van der Waals surface area contributed by atoms with Gasteiger partial charge in [-0.25, -0.2) is 14.2 Å². The van der Waals surface area contributed by atoms with Gasteiger partial charge in [-0.05, 0) is 84.7 Å². The highest BCUT2D eigenvalue weighted by Crippen LogP contribution is 2.38. The minimum absolute atomic E-state index is 0.0209. The van der Waals surface area contributed by atoms with Gasteiger partial charge in [0.2, 0.25) is 5.90 Å². The molecule has 2 aromatic carbocycles. The summed E-state index contributed by atoms with van der Waals surface area (Å²) in [4.78, 5) is 16.4. The van der Waals surface area contributed by atoms with Gasteiger partial charge in [-0.2, -0.15) is 0 Å². The molecule has 0 amide bonds. The largest absolute Gasteiger partial charge is 0.490 e. The first-order valence-electron chi connectivity index (χ1n) is 8.79. The van der Waals surface area contributed by atoms with Gasteiger partial charge in [0.1, 0.15) is 5.82 Å². The normalized spacial score (nSPS) is 15.0. The lowest BCUT2D eigenvalue weighted by Gasteiger charge is -2.16. The number of benzene rings is 2. The number of esters is 1. The van der Waals surface area contributed by atoms with E-state index >= 15 is 0 Å². The van der Waals surface area contributed by atoms with Crippen molar-refractivity contribution in [1.82, 2.24) is 0 Å². The molecule has 2 aromatic rings. The first-order chi connectivity index (χ1) is 13.4. The Morgan fingerprint density at radius 1 is 1.25 bits per heavy atom. The third kappa shape index (κ3) is 4.59. The summed E-state index contributed by atoms with van der Waals surface area (Å²) < 4.78 is 30.5. The molecule has 3 rings (SSSR count). The zero-order chi connectivity index (χ0) is 20.3. The number of nitrogens with zero attached hydrogens (tertiary/aromatic N) is 1. The molecule has 1 heterocycles. The fourth-order valence-corrected chi connectivity index (χ4v) is 3.12. The van der Waals surface area contributed by atoms with Gasteiger partial charge in [-0.3, -0.25) is 0 Å². The summed E-state index contributed by atoms with van der Waals surface area (Å²) in [6.07, 6.45) is 1.58. The Kier molecular flexibility index (Phi) is 6.14. The topological polar surface area (TPSA) is 57.1 Å². The summed E-state index contributed by atoms with van der Waals surface area (Å²) in [7, 11) is 0. The van der Waals surface area contributed by atoms with Crippen molar-refractivity contribution >= 4 is 33.9 Å². The van der Waals surface area contributed by atoms with Gasteiger partial charge in [0.15, 0.2) is 17.2 Å². The number of carbonyl (C=O) groups excluding carboxylic acids is 1. The van der Waals surface area contributed by atoms with Crippen molar-refractivity contribution in [1.29, 1.82) is 0 Å². The average Bonchev–Trinajstić information content (AvgIpc) is 2.99. The molecule has 0 atom stereocenters. The number of ether oxygens (including phenoxy) is 3. The van der Waals surface area contributed by atoms with Crippen molar-refractivity contribution in [3.8, 4) is 11.5 Å². The fraction of sp³-hybridized carbons (Fsp3) is 0.238. The van der Waals surface area contributed by atoms with Crippen molar-refractivity contribution in [2.24, 2.45) is 4.99 Å². The van der Waals surface area contributed by atoms with E-state index in [1.807, 2.05) is 26.8 Å². The maximum atomic E-state index is 13.1. The summed E-state index contributed by atoms with van der Waals surface area (Å²) in [6.45, 7) is 6.21. The van der Waals surface area contributed by atoms with Crippen molar-refractivity contribution in [3.63, 3.8) is 0 Å². The number of carbonyl (C=O) groups is 1. The molecule has 1 aliphatic heterocycles. The van der Waals surface area contributed by atoms with Crippen LogP contribution in [-0.2, 0) is 9.53 Å². The van der Waals surface area contributed by atoms with Gasteiger partial charge < -0.3 is 14.2 Å². The predicted molar refractivity (Wildman–Crippen MR) is 108 cm³/mol. The van der Waals surface area contributed by atoms with Crippen LogP contribution in [0.3, 0.4) is 0 Å². The van der Waals surface area contributed by atoms with E-state index < -0.39 is 5.97 Å². The molecule has 0 aromatic heterocycles. The highest BCUT2D eigenvalue weighted by atomic mass is 79.9. The number of aliphatic imine (C=N–C) groups is 1. The van der Waals surface area contributed by atoms with Crippen LogP contribution < -0.4 is 9.47 Å². The van der Waals surface area contributed by atoms with Crippen LogP contribution in [0.4, 0.5) is 4.39 Å². The molecular formula is C21H19BrFNO4. The summed E-state index contributed by atoms with van der Waals surface area (Å²) in [5.74, 6) is 0.354. The molecule has 0 saturated carbocycles. The van der Waals surface area contributed by atoms with Gasteiger partial charge in [0.05, 0.1) is 17.2 Å². The molecular weight excluding hydrogens is 429 g/mol.